The zero-order valence-electron chi connectivity index (χ0n) is 18.1. The Hall–Kier alpha value is -1.30. The number of carbonyl (C=O) groups is 1. The van der Waals surface area contributed by atoms with Gasteiger partial charge in [0.25, 0.3) is 0 Å². The molecule has 3 rings (SSSR count). The van der Waals surface area contributed by atoms with E-state index in [0.717, 1.165) is 45.0 Å². The topological polar surface area (TPSA) is 60.0 Å². The minimum Gasteiger partial charge on any atom is -0.356 e. The fraction of sp³-hybridized carbons (Fsp3) is 0.909. The summed E-state index contributed by atoms with van der Waals surface area (Å²) in [5, 5.41) is 7.24. The Morgan fingerprint density at radius 3 is 2.21 bits per heavy atom. The van der Waals surface area contributed by atoms with E-state index in [0.29, 0.717) is 11.5 Å². The summed E-state index contributed by atoms with van der Waals surface area (Å²) < 4.78 is 0. The normalized spacial score (nSPS) is 24.8. The molecule has 3 fully saturated rings. The smallest absolute Gasteiger partial charge is 0.219 e. The molecule has 2 saturated heterocycles. The number of nitrogens with zero attached hydrogens (tertiary/aromatic N) is 3. The Balaban J connectivity index is 1.47. The van der Waals surface area contributed by atoms with Crippen LogP contribution in [0, 0.1) is 5.92 Å². The molecule has 0 bridgehead atoms. The first-order valence-corrected chi connectivity index (χ1v) is 11.6. The number of piperidine rings is 2. The fourth-order valence-electron chi connectivity index (χ4n) is 5.34. The van der Waals surface area contributed by atoms with Gasteiger partial charge in [-0.1, -0.05) is 25.7 Å². The van der Waals surface area contributed by atoms with Gasteiger partial charge in [0.1, 0.15) is 0 Å². The van der Waals surface area contributed by atoms with Crippen LogP contribution in [0.4, 0.5) is 0 Å². The molecule has 2 heterocycles. The van der Waals surface area contributed by atoms with Gasteiger partial charge in [-0.05, 0) is 57.5 Å². The summed E-state index contributed by atoms with van der Waals surface area (Å²) >= 11 is 0. The molecule has 0 atom stereocenters. The van der Waals surface area contributed by atoms with E-state index >= 15 is 0 Å². The van der Waals surface area contributed by atoms with Crippen molar-refractivity contribution in [3.05, 3.63) is 0 Å². The highest BCUT2D eigenvalue weighted by molar-refractivity contribution is 5.79. The van der Waals surface area contributed by atoms with Gasteiger partial charge >= 0.3 is 0 Å². The van der Waals surface area contributed by atoms with Crippen molar-refractivity contribution < 1.29 is 4.79 Å². The van der Waals surface area contributed by atoms with Crippen molar-refractivity contribution >= 4 is 11.9 Å². The van der Waals surface area contributed by atoms with Crippen LogP contribution in [0.15, 0.2) is 4.99 Å². The van der Waals surface area contributed by atoms with Crippen molar-refractivity contribution in [1.82, 2.24) is 20.4 Å². The number of rotatable bonds is 5. The van der Waals surface area contributed by atoms with Crippen LogP contribution >= 0.6 is 0 Å². The third kappa shape index (κ3) is 5.62. The second kappa shape index (κ2) is 10.5. The maximum absolute atomic E-state index is 11.5. The Kier molecular flexibility index (Phi) is 8.00. The van der Waals surface area contributed by atoms with Gasteiger partial charge in [-0.25, -0.2) is 0 Å². The highest BCUT2D eigenvalue weighted by Crippen LogP contribution is 2.35. The van der Waals surface area contributed by atoms with E-state index in [1.807, 2.05) is 11.9 Å². The maximum Gasteiger partial charge on any atom is 0.219 e. The minimum atomic E-state index is 0.208. The number of aliphatic imine (C=N–C) groups is 1. The molecule has 1 saturated carbocycles. The molecule has 0 radical (unpaired) electrons. The van der Waals surface area contributed by atoms with E-state index in [2.05, 4.69) is 20.5 Å². The van der Waals surface area contributed by atoms with Gasteiger partial charge in [0.2, 0.25) is 5.91 Å². The van der Waals surface area contributed by atoms with Crippen molar-refractivity contribution in [3.8, 4) is 0 Å². The van der Waals surface area contributed by atoms with Gasteiger partial charge < -0.3 is 15.5 Å². The Morgan fingerprint density at radius 1 is 0.964 bits per heavy atom. The van der Waals surface area contributed by atoms with Crippen LogP contribution in [0.1, 0.15) is 71.1 Å². The van der Waals surface area contributed by atoms with Crippen LogP contribution in [0.25, 0.3) is 0 Å². The number of amides is 1. The van der Waals surface area contributed by atoms with Crippen molar-refractivity contribution in [3.63, 3.8) is 0 Å². The van der Waals surface area contributed by atoms with Gasteiger partial charge in [0.05, 0.1) is 0 Å². The molecule has 0 aromatic carbocycles. The number of likely N-dealkylation sites (tertiary alicyclic amines) is 2. The molecule has 160 valence electrons. The standard InChI is InChI=1S/C22H41N5O/c1-19(28)26-15-9-20(10-16-26)17-24-21(23-2)25-18-22(11-5-3-6-12-22)27-13-7-4-8-14-27/h20H,3-18H2,1-2H3,(H2,23,24,25). The van der Waals surface area contributed by atoms with Crippen LogP contribution in [-0.2, 0) is 4.79 Å². The van der Waals surface area contributed by atoms with E-state index < -0.39 is 0 Å². The maximum atomic E-state index is 11.5. The third-order valence-corrected chi connectivity index (χ3v) is 7.24. The SMILES string of the molecule is CN=C(NCC1CCN(C(C)=O)CC1)NCC1(N2CCCCC2)CCCCC1. The lowest BCUT2D eigenvalue weighted by Crippen LogP contribution is -2.59. The summed E-state index contributed by atoms with van der Waals surface area (Å²) in [6.45, 7) is 7.95. The predicted octanol–water partition coefficient (Wildman–Crippen LogP) is 2.60. The first kappa shape index (κ1) is 21.4. The molecule has 0 aromatic rings. The minimum absolute atomic E-state index is 0.208. The molecule has 0 aromatic heterocycles. The average molecular weight is 392 g/mol. The van der Waals surface area contributed by atoms with E-state index in [4.69, 9.17) is 0 Å². The summed E-state index contributed by atoms with van der Waals surface area (Å²) in [4.78, 5) is 20.7. The van der Waals surface area contributed by atoms with Crippen molar-refractivity contribution in [2.75, 3.05) is 46.3 Å². The molecular formula is C22H41N5O. The average Bonchev–Trinajstić information content (AvgIpc) is 2.75. The van der Waals surface area contributed by atoms with E-state index in [1.165, 1.54) is 64.5 Å². The highest BCUT2D eigenvalue weighted by Gasteiger charge is 2.38. The quantitative estimate of drug-likeness (QED) is 0.559. The Morgan fingerprint density at radius 2 is 1.61 bits per heavy atom. The molecule has 28 heavy (non-hydrogen) atoms. The Labute approximate surface area is 171 Å². The molecule has 0 unspecified atom stereocenters. The molecule has 6 heteroatoms. The van der Waals surface area contributed by atoms with Gasteiger partial charge in [-0.15, -0.1) is 0 Å². The highest BCUT2D eigenvalue weighted by atomic mass is 16.2. The van der Waals surface area contributed by atoms with E-state index in [-0.39, 0.29) is 5.91 Å². The lowest BCUT2D eigenvalue weighted by atomic mass is 9.79. The van der Waals surface area contributed by atoms with Crippen molar-refractivity contribution in [1.29, 1.82) is 0 Å². The molecular weight excluding hydrogens is 350 g/mol. The number of hydrogen-bond donors (Lipinski definition) is 2. The van der Waals surface area contributed by atoms with Crippen molar-refractivity contribution in [2.45, 2.75) is 76.7 Å². The van der Waals surface area contributed by atoms with Crippen LogP contribution in [0.5, 0.6) is 0 Å². The number of nitrogens with one attached hydrogen (secondary N) is 2. The lowest BCUT2D eigenvalue weighted by molar-refractivity contribution is -0.130. The van der Waals surface area contributed by atoms with E-state index in [1.54, 1.807) is 6.92 Å². The van der Waals surface area contributed by atoms with Gasteiger partial charge in [-0.3, -0.25) is 14.7 Å². The summed E-state index contributed by atoms with van der Waals surface area (Å²) in [6, 6.07) is 0. The second-order valence-corrected chi connectivity index (χ2v) is 9.09. The number of carbonyl (C=O) groups excluding carboxylic acids is 1. The molecule has 0 spiro atoms. The lowest BCUT2D eigenvalue weighted by Gasteiger charge is -2.48. The number of hydrogen-bond acceptors (Lipinski definition) is 3. The molecule has 3 aliphatic rings. The van der Waals surface area contributed by atoms with Crippen molar-refractivity contribution in [2.24, 2.45) is 10.9 Å². The van der Waals surface area contributed by atoms with Crippen LogP contribution in [0.3, 0.4) is 0 Å². The van der Waals surface area contributed by atoms with E-state index in [9.17, 15) is 4.79 Å². The predicted molar refractivity (Wildman–Crippen MR) is 116 cm³/mol. The first-order valence-electron chi connectivity index (χ1n) is 11.6. The Bertz CT molecular complexity index is 515. The monoisotopic (exact) mass is 391 g/mol. The second-order valence-electron chi connectivity index (χ2n) is 9.09. The molecule has 2 aliphatic heterocycles. The zero-order chi connectivity index (χ0) is 19.8. The van der Waals surface area contributed by atoms with Gasteiger partial charge in [0, 0.05) is 45.7 Å². The van der Waals surface area contributed by atoms with Gasteiger partial charge in [0.15, 0.2) is 5.96 Å². The largest absolute Gasteiger partial charge is 0.356 e. The molecule has 1 aliphatic carbocycles. The fourth-order valence-corrected chi connectivity index (χ4v) is 5.34. The van der Waals surface area contributed by atoms with Crippen LogP contribution in [0.2, 0.25) is 0 Å². The summed E-state index contributed by atoms with van der Waals surface area (Å²) in [5.41, 5.74) is 0.323. The summed E-state index contributed by atoms with van der Waals surface area (Å²) in [7, 11) is 1.88. The summed E-state index contributed by atoms with van der Waals surface area (Å²) in [5.74, 6) is 1.77. The van der Waals surface area contributed by atoms with Crippen LogP contribution in [-0.4, -0.2) is 73.5 Å². The summed E-state index contributed by atoms with van der Waals surface area (Å²) in [6.07, 6.45) is 13.0. The molecule has 6 nitrogen and oxygen atoms in total. The number of guanidine groups is 1. The third-order valence-electron chi connectivity index (χ3n) is 7.24. The molecule has 2 N–H and O–H groups in total. The van der Waals surface area contributed by atoms with Gasteiger partial charge in [-0.2, -0.15) is 0 Å². The first-order chi connectivity index (χ1) is 13.6. The molecule has 1 amide bonds. The van der Waals surface area contributed by atoms with Crippen LogP contribution < -0.4 is 10.6 Å². The zero-order valence-corrected chi connectivity index (χ0v) is 18.1.